The first kappa shape index (κ1) is 31.4. The number of aromatic nitrogens is 2. The highest BCUT2D eigenvalue weighted by Gasteiger charge is 2.22. The summed E-state index contributed by atoms with van der Waals surface area (Å²) < 4.78 is 11.6. The van der Waals surface area contributed by atoms with E-state index in [1.54, 1.807) is 0 Å². The number of thiophene rings is 1. The van der Waals surface area contributed by atoms with Gasteiger partial charge in [-0.25, -0.2) is 4.98 Å². The van der Waals surface area contributed by atoms with Crippen LogP contribution in [0.2, 0.25) is 0 Å². The second-order valence-electron chi connectivity index (χ2n) is 14.8. The highest BCUT2D eigenvalue weighted by Crippen LogP contribution is 2.44. The molecule has 0 aliphatic carbocycles. The number of pyridine rings is 1. The van der Waals surface area contributed by atoms with E-state index in [1.807, 2.05) is 23.6 Å². The van der Waals surface area contributed by atoms with Gasteiger partial charge in [-0.3, -0.25) is 4.57 Å². The van der Waals surface area contributed by atoms with E-state index in [2.05, 4.69) is 165 Å². The van der Waals surface area contributed by atoms with Gasteiger partial charge >= 0.3 is 0 Å². The van der Waals surface area contributed by atoms with Crippen LogP contribution in [-0.4, -0.2) is 16.2 Å². The Hall–Kier alpha value is -5.59. The molecule has 1 aliphatic heterocycles. The summed E-state index contributed by atoms with van der Waals surface area (Å²) >= 11 is 1.84. The van der Waals surface area contributed by atoms with E-state index in [0.29, 0.717) is 0 Å². The summed E-state index contributed by atoms with van der Waals surface area (Å²) in [5.74, 6) is 2.49. The molecule has 5 nitrogen and oxygen atoms in total. The SMILES string of the molecule is Cc1cc(C)c(N2C=CN(c3cccc(Oc4ccc5c6ccc7sc8ccccc8c7c6n(-c6cc(C(C)(C)C)ccn6)c5c4)c3)C2)c(C)c1. The van der Waals surface area contributed by atoms with Crippen molar-refractivity contribution in [3.05, 3.63) is 144 Å². The molecule has 252 valence electrons. The molecule has 4 heterocycles. The molecule has 1 aliphatic rings. The Balaban J connectivity index is 1.13. The van der Waals surface area contributed by atoms with Crippen LogP contribution in [0.3, 0.4) is 0 Å². The van der Waals surface area contributed by atoms with E-state index in [9.17, 15) is 0 Å². The van der Waals surface area contributed by atoms with Crippen molar-refractivity contribution in [3.8, 4) is 17.3 Å². The number of anilines is 2. The first-order valence-corrected chi connectivity index (χ1v) is 18.4. The molecule has 0 bridgehead atoms. The highest BCUT2D eigenvalue weighted by atomic mass is 32.1. The Morgan fingerprint density at radius 1 is 0.686 bits per heavy atom. The average molecular weight is 685 g/mol. The first-order chi connectivity index (χ1) is 24.6. The van der Waals surface area contributed by atoms with E-state index in [0.717, 1.165) is 35.2 Å². The lowest BCUT2D eigenvalue weighted by Gasteiger charge is -2.25. The maximum Gasteiger partial charge on any atom is 0.137 e. The van der Waals surface area contributed by atoms with Gasteiger partial charge in [0, 0.05) is 73.0 Å². The summed E-state index contributed by atoms with van der Waals surface area (Å²) in [6.07, 6.45) is 6.26. The summed E-state index contributed by atoms with van der Waals surface area (Å²) in [5.41, 5.74) is 9.71. The van der Waals surface area contributed by atoms with Gasteiger partial charge in [-0.2, -0.15) is 0 Å². The van der Waals surface area contributed by atoms with E-state index < -0.39 is 0 Å². The summed E-state index contributed by atoms with van der Waals surface area (Å²) in [4.78, 5) is 9.57. The molecule has 0 saturated heterocycles. The lowest BCUT2D eigenvalue weighted by molar-refractivity contribution is 0.483. The molecule has 6 heteroatoms. The fraction of sp³-hybridized carbons (Fsp3) is 0.178. The second kappa shape index (κ2) is 11.7. The maximum absolute atomic E-state index is 6.66. The summed E-state index contributed by atoms with van der Waals surface area (Å²) in [6.45, 7) is 14.0. The predicted octanol–water partition coefficient (Wildman–Crippen LogP) is 12.3. The molecular formula is C45H40N4OS. The van der Waals surface area contributed by atoms with Crippen LogP contribution in [0.25, 0.3) is 47.8 Å². The van der Waals surface area contributed by atoms with E-state index in [4.69, 9.17) is 9.72 Å². The summed E-state index contributed by atoms with van der Waals surface area (Å²) in [7, 11) is 0. The zero-order chi connectivity index (χ0) is 35.0. The lowest BCUT2D eigenvalue weighted by atomic mass is 9.88. The van der Waals surface area contributed by atoms with Crippen LogP contribution >= 0.6 is 11.3 Å². The second-order valence-corrected chi connectivity index (χ2v) is 15.9. The Kier molecular flexibility index (Phi) is 7.23. The van der Waals surface area contributed by atoms with Gasteiger partial charge in [0.2, 0.25) is 0 Å². The Bertz CT molecular complexity index is 2670. The topological polar surface area (TPSA) is 33.5 Å². The fourth-order valence-corrected chi connectivity index (χ4v) is 8.93. The molecule has 5 aromatic carbocycles. The van der Waals surface area contributed by atoms with Gasteiger partial charge in [-0.15, -0.1) is 11.3 Å². The molecule has 0 atom stereocenters. The normalized spacial score (nSPS) is 13.5. The summed E-state index contributed by atoms with van der Waals surface area (Å²) in [5, 5.41) is 4.93. The van der Waals surface area contributed by atoms with Gasteiger partial charge in [0.1, 0.15) is 17.3 Å². The number of hydrogen-bond donors (Lipinski definition) is 0. The molecule has 0 amide bonds. The molecule has 0 radical (unpaired) electrons. The van der Waals surface area contributed by atoms with Gasteiger partial charge in [0.15, 0.2) is 0 Å². The third-order valence-electron chi connectivity index (χ3n) is 10.1. The van der Waals surface area contributed by atoms with Crippen molar-refractivity contribution in [2.75, 3.05) is 16.5 Å². The van der Waals surface area contributed by atoms with Crippen LogP contribution in [0.15, 0.2) is 122 Å². The van der Waals surface area contributed by atoms with Crippen molar-refractivity contribution >= 4 is 64.7 Å². The number of hydrogen-bond acceptors (Lipinski definition) is 5. The minimum atomic E-state index is -0.0144. The van der Waals surface area contributed by atoms with Crippen molar-refractivity contribution in [2.24, 2.45) is 0 Å². The third kappa shape index (κ3) is 5.33. The van der Waals surface area contributed by atoms with Crippen molar-refractivity contribution in [1.29, 1.82) is 0 Å². The minimum Gasteiger partial charge on any atom is -0.457 e. The van der Waals surface area contributed by atoms with Gasteiger partial charge < -0.3 is 14.5 Å². The van der Waals surface area contributed by atoms with E-state index in [1.165, 1.54) is 64.4 Å². The summed E-state index contributed by atoms with van der Waals surface area (Å²) in [6, 6.07) is 37.0. The van der Waals surface area contributed by atoms with Crippen LogP contribution in [0.5, 0.6) is 11.5 Å². The van der Waals surface area contributed by atoms with Crippen molar-refractivity contribution in [2.45, 2.75) is 47.0 Å². The average Bonchev–Trinajstić information content (AvgIpc) is 3.82. The Labute approximate surface area is 302 Å². The van der Waals surface area contributed by atoms with Gasteiger partial charge in [0.05, 0.1) is 17.7 Å². The van der Waals surface area contributed by atoms with Gasteiger partial charge in [0.25, 0.3) is 0 Å². The van der Waals surface area contributed by atoms with Crippen molar-refractivity contribution in [3.63, 3.8) is 0 Å². The monoisotopic (exact) mass is 684 g/mol. The number of fused-ring (bicyclic) bond motifs is 7. The Morgan fingerprint density at radius 3 is 2.27 bits per heavy atom. The van der Waals surface area contributed by atoms with Crippen LogP contribution in [0.4, 0.5) is 11.4 Å². The van der Waals surface area contributed by atoms with E-state index in [-0.39, 0.29) is 5.41 Å². The largest absolute Gasteiger partial charge is 0.457 e. The molecular weight excluding hydrogens is 645 g/mol. The zero-order valence-electron chi connectivity index (χ0n) is 29.9. The van der Waals surface area contributed by atoms with Crippen molar-refractivity contribution < 1.29 is 4.74 Å². The Morgan fingerprint density at radius 2 is 1.45 bits per heavy atom. The fourth-order valence-electron chi connectivity index (χ4n) is 7.82. The molecule has 0 spiro atoms. The van der Waals surface area contributed by atoms with Crippen LogP contribution in [0, 0.1) is 20.8 Å². The quantitative estimate of drug-likeness (QED) is 0.181. The van der Waals surface area contributed by atoms with Gasteiger partial charge in [-0.1, -0.05) is 68.8 Å². The molecule has 9 rings (SSSR count). The molecule has 0 N–H and O–H groups in total. The molecule has 51 heavy (non-hydrogen) atoms. The van der Waals surface area contributed by atoms with Crippen molar-refractivity contribution in [1.82, 2.24) is 9.55 Å². The van der Waals surface area contributed by atoms with E-state index >= 15 is 0 Å². The smallest absolute Gasteiger partial charge is 0.137 e. The number of nitrogens with zero attached hydrogens (tertiary/aromatic N) is 4. The number of ether oxygens (including phenoxy) is 1. The van der Waals surface area contributed by atoms with Crippen LogP contribution < -0.4 is 14.5 Å². The minimum absolute atomic E-state index is 0.0144. The molecule has 3 aromatic heterocycles. The molecule has 0 fully saturated rings. The maximum atomic E-state index is 6.66. The number of aryl methyl sites for hydroxylation is 3. The first-order valence-electron chi connectivity index (χ1n) is 17.6. The molecule has 0 unspecified atom stereocenters. The predicted molar refractivity (Wildman–Crippen MR) is 216 cm³/mol. The standard InChI is InChI=1S/C45H40N4OS/c1-28-22-29(2)43(30(3)23-28)48-21-20-47(27-48)32-10-9-11-33(25-32)50-34-14-15-35-36-16-17-40-42(37-12-7-8-13-39(37)51-40)44(36)49(38(35)26-34)41-24-31(18-19-46-41)45(4,5)6/h7-26H,27H2,1-6H3. The number of benzene rings is 5. The number of rotatable bonds is 5. The van der Waals surface area contributed by atoms with Crippen LogP contribution in [0.1, 0.15) is 43.0 Å². The lowest BCUT2D eigenvalue weighted by Crippen LogP contribution is -2.25. The van der Waals surface area contributed by atoms with Crippen LogP contribution in [-0.2, 0) is 5.41 Å². The third-order valence-corrected chi connectivity index (χ3v) is 11.3. The zero-order valence-corrected chi connectivity index (χ0v) is 30.7. The molecule has 0 saturated carbocycles. The molecule has 8 aromatic rings. The highest BCUT2D eigenvalue weighted by molar-refractivity contribution is 7.26. The van der Waals surface area contributed by atoms with Gasteiger partial charge in [-0.05, 0) is 91.4 Å².